The van der Waals surface area contributed by atoms with Crippen molar-refractivity contribution in [1.29, 1.82) is 0 Å². The summed E-state index contributed by atoms with van der Waals surface area (Å²) < 4.78 is 0. The fourth-order valence-electron chi connectivity index (χ4n) is 5.89. The molecule has 3 atom stereocenters. The standard InChI is InChI=1S/C36H32N4O3/c1-22-32(40-31(41)16-10-13-25-11-6-4-7-12-25)24(3)37-33(22)28-19-20-36(28)29-21-27(17-18-30(29)39-35(36)43)34(42)38-23(2)26-14-8-5-9-15-26/h4-12,14-18,21,23,28,37H,13H2,1-3H3,(H,38,42)(H,39,43)(H,40,41)/b16-10+. The van der Waals surface area contributed by atoms with E-state index in [1.165, 1.54) is 6.08 Å². The lowest BCUT2D eigenvalue weighted by atomic mass is 9.64. The van der Waals surface area contributed by atoms with Gasteiger partial charge in [-0.05, 0) is 68.2 Å². The van der Waals surface area contributed by atoms with Gasteiger partial charge in [0.05, 0.1) is 17.6 Å². The molecule has 6 rings (SSSR count). The van der Waals surface area contributed by atoms with Crippen LogP contribution in [0.2, 0.25) is 0 Å². The number of rotatable bonds is 8. The SMILES string of the molecule is Cc1[nH]c(C2C#CC23C(=O)Nc2ccc(C(=O)NC(C)c4ccccc4)cc23)c(C)c1NC(=O)/C=C/Cc1ccccc1. The van der Waals surface area contributed by atoms with Crippen molar-refractivity contribution in [3.8, 4) is 11.8 Å². The highest BCUT2D eigenvalue weighted by atomic mass is 16.2. The zero-order valence-electron chi connectivity index (χ0n) is 24.2. The van der Waals surface area contributed by atoms with E-state index >= 15 is 0 Å². The van der Waals surface area contributed by atoms with Crippen LogP contribution in [-0.4, -0.2) is 22.7 Å². The number of aromatic amines is 1. The average molecular weight is 569 g/mol. The van der Waals surface area contributed by atoms with Gasteiger partial charge in [0.1, 0.15) is 0 Å². The largest absolute Gasteiger partial charge is 0.359 e. The lowest BCUT2D eigenvalue weighted by molar-refractivity contribution is -0.119. The monoisotopic (exact) mass is 568 g/mol. The van der Waals surface area contributed by atoms with Crippen LogP contribution in [0.1, 0.15) is 62.9 Å². The van der Waals surface area contributed by atoms with Gasteiger partial charge in [0.25, 0.3) is 5.91 Å². The predicted molar refractivity (Wildman–Crippen MR) is 168 cm³/mol. The molecule has 7 heteroatoms. The number of carbonyl (C=O) groups is 3. The van der Waals surface area contributed by atoms with Crippen molar-refractivity contribution in [2.45, 2.75) is 44.6 Å². The van der Waals surface area contributed by atoms with Crippen molar-refractivity contribution in [2.24, 2.45) is 0 Å². The second-order valence-corrected chi connectivity index (χ2v) is 11.1. The number of amides is 3. The zero-order valence-corrected chi connectivity index (χ0v) is 24.2. The van der Waals surface area contributed by atoms with Gasteiger partial charge in [-0.3, -0.25) is 14.4 Å². The van der Waals surface area contributed by atoms with Gasteiger partial charge in [-0.1, -0.05) is 78.6 Å². The molecule has 214 valence electrons. The molecule has 0 fully saturated rings. The normalized spacial score (nSPS) is 18.8. The van der Waals surface area contributed by atoms with Crippen LogP contribution in [0.15, 0.2) is 91.0 Å². The van der Waals surface area contributed by atoms with Gasteiger partial charge in [-0.2, -0.15) is 0 Å². The summed E-state index contributed by atoms with van der Waals surface area (Å²) in [6, 6.07) is 24.8. The summed E-state index contributed by atoms with van der Waals surface area (Å²) in [6.45, 7) is 5.74. The first-order chi connectivity index (χ1) is 20.8. The summed E-state index contributed by atoms with van der Waals surface area (Å²) in [5.74, 6) is 5.18. The number of nitrogens with one attached hydrogen (secondary N) is 4. The Kier molecular flexibility index (Phi) is 7.21. The Morgan fingerprint density at radius 1 is 1.02 bits per heavy atom. The van der Waals surface area contributed by atoms with Crippen LogP contribution >= 0.6 is 0 Å². The van der Waals surface area contributed by atoms with Crippen molar-refractivity contribution >= 4 is 29.1 Å². The van der Waals surface area contributed by atoms with Crippen molar-refractivity contribution in [3.05, 3.63) is 130 Å². The predicted octanol–water partition coefficient (Wildman–Crippen LogP) is 5.85. The Hall–Kier alpha value is -5.35. The number of hydrogen-bond acceptors (Lipinski definition) is 3. The van der Waals surface area contributed by atoms with Crippen molar-refractivity contribution in [2.75, 3.05) is 10.6 Å². The quantitative estimate of drug-likeness (QED) is 0.158. The van der Waals surface area contributed by atoms with E-state index in [4.69, 9.17) is 0 Å². The van der Waals surface area contributed by atoms with E-state index in [9.17, 15) is 14.4 Å². The molecular weight excluding hydrogens is 536 g/mol. The van der Waals surface area contributed by atoms with Crippen LogP contribution in [0.4, 0.5) is 11.4 Å². The molecule has 7 nitrogen and oxygen atoms in total. The number of anilines is 2. The molecular formula is C36H32N4O3. The van der Waals surface area contributed by atoms with Crippen LogP contribution < -0.4 is 16.0 Å². The minimum atomic E-state index is -1.13. The van der Waals surface area contributed by atoms with E-state index in [1.807, 2.05) is 87.5 Å². The van der Waals surface area contributed by atoms with Crippen molar-refractivity contribution in [1.82, 2.24) is 10.3 Å². The number of benzene rings is 3. The third-order valence-corrected chi connectivity index (χ3v) is 8.29. The number of hydrogen-bond donors (Lipinski definition) is 4. The summed E-state index contributed by atoms with van der Waals surface area (Å²) >= 11 is 0. The van der Waals surface area contributed by atoms with Gasteiger partial charge in [-0.25, -0.2) is 0 Å². The summed E-state index contributed by atoms with van der Waals surface area (Å²) in [5.41, 5.74) is 5.84. The summed E-state index contributed by atoms with van der Waals surface area (Å²) in [7, 11) is 0. The Balaban J connectivity index is 1.22. The van der Waals surface area contributed by atoms with Gasteiger partial charge in [-0.15, -0.1) is 0 Å². The molecule has 43 heavy (non-hydrogen) atoms. The molecule has 3 unspecified atom stereocenters. The van der Waals surface area contributed by atoms with Crippen LogP contribution in [0.5, 0.6) is 0 Å². The molecule has 2 heterocycles. The maximum Gasteiger partial charge on any atom is 0.251 e. The second kappa shape index (κ2) is 11.1. The number of carbonyl (C=O) groups excluding carboxylic acids is 3. The summed E-state index contributed by atoms with van der Waals surface area (Å²) in [5, 5.41) is 9.01. The minimum absolute atomic E-state index is 0.182. The maximum absolute atomic E-state index is 13.5. The van der Waals surface area contributed by atoms with Crippen molar-refractivity contribution in [3.63, 3.8) is 0 Å². The third kappa shape index (κ3) is 5.02. The molecule has 3 amide bonds. The first kappa shape index (κ1) is 27.8. The van der Waals surface area contributed by atoms with Crippen LogP contribution in [-0.2, 0) is 21.4 Å². The topological polar surface area (TPSA) is 103 Å². The fraction of sp³-hybridized carbons (Fsp3) is 0.194. The van der Waals surface area contributed by atoms with Crippen LogP contribution in [0, 0.1) is 25.7 Å². The Labute approximate surface area is 250 Å². The lowest BCUT2D eigenvalue weighted by Gasteiger charge is -2.34. The number of aryl methyl sites for hydroxylation is 1. The van der Waals surface area contributed by atoms with E-state index < -0.39 is 11.3 Å². The van der Waals surface area contributed by atoms with Gasteiger partial charge in [0, 0.05) is 28.2 Å². The third-order valence-electron chi connectivity index (χ3n) is 8.29. The maximum atomic E-state index is 13.5. The number of fused-ring (bicyclic) bond motifs is 2. The summed E-state index contributed by atoms with van der Waals surface area (Å²) in [4.78, 5) is 42.9. The van der Waals surface area contributed by atoms with Gasteiger partial charge in [0.2, 0.25) is 11.8 Å². The molecule has 4 aromatic rings. The molecule has 0 radical (unpaired) electrons. The molecule has 1 spiro atoms. The number of H-pyrrole nitrogens is 1. The molecule has 2 aliphatic rings. The van der Waals surface area contributed by atoms with E-state index in [1.54, 1.807) is 18.2 Å². The van der Waals surface area contributed by atoms with Crippen molar-refractivity contribution < 1.29 is 14.4 Å². The molecule has 1 aromatic heterocycles. The van der Waals surface area contributed by atoms with E-state index in [2.05, 4.69) is 32.8 Å². The first-order valence-electron chi connectivity index (χ1n) is 14.3. The smallest absolute Gasteiger partial charge is 0.251 e. The van der Waals surface area contributed by atoms with Gasteiger partial charge >= 0.3 is 0 Å². The molecule has 0 saturated carbocycles. The number of allylic oxidation sites excluding steroid dienone is 1. The Morgan fingerprint density at radius 3 is 2.44 bits per heavy atom. The van der Waals surface area contributed by atoms with Crippen LogP contribution in [0.3, 0.4) is 0 Å². The second-order valence-electron chi connectivity index (χ2n) is 11.1. The number of aromatic nitrogens is 1. The molecule has 0 saturated heterocycles. The van der Waals surface area contributed by atoms with E-state index in [-0.39, 0.29) is 23.8 Å². The molecule has 1 aliphatic heterocycles. The highest BCUT2D eigenvalue weighted by molar-refractivity contribution is 6.12. The molecule has 4 N–H and O–H groups in total. The fourth-order valence-corrected chi connectivity index (χ4v) is 5.89. The van der Waals surface area contributed by atoms with E-state index in [0.717, 1.165) is 28.1 Å². The van der Waals surface area contributed by atoms with E-state index in [0.29, 0.717) is 28.9 Å². The summed E-state index contributed by atoms with van der Waals surface area (Å²) in [6.07, 6.45) is 4.03. The molecule has 1 aliphatic carbocycles. The molecule has 0 bridgehead atoms. The van der Waals surface area contributed by atoms with Gasteiger partial charge < -0.3 is 20.9 Å². The molecule has 3 aromatic carbocycles. The highest BCUT2D eigenvalue weighted by Gasteiger charge is 2.56. The first-order valence-corrected chi connectivity index (χ1v) is 14.3. The lowest BCUT2D eigenvalue weighted by Crippen LogP contribution is -2.44. The van der Waals surface area contributed by atoms with Crippen LogP contribution in [0.25, 0.3) is 0 Å². The Bertz CT molecular complexity index is 1830. The zero-order chi connectivity index (χ0) is 30.1. The minimum Gasteiger partial charge on any atom is -0.359 e. The Morgan fingerprint density at radius 2 is 1.74 bits per heavy atom. The van der Waals surface area contributed by atoms with Gasteiger partial charge in [0.15, 0.2) is 5.41 Å². The average Bonchev–Trinajstić information content (AvgIpc) is 3.45. The highest BCUT2D eigenvalue weighted by Crippen LogP contribution is 2.52.